The second-order valence-corrected chi connectivity index (χ2v) is 6.24. The van der Waals surface area contributed by atoms with Crippen molar-refractivity contribution in [1.82, 2.24) is 15.5 Å². The number of aliphatic imine (C=N–C) groups is 1. The summed E-state index contributed by atoms with van der Waals surface area (Å²) < 4.78 is 10.7. The number of methoxy groups -OCH3 is 1. The van der Waals surface area contributed by atoms with Gasteiger partial charge in [0.2, 0.25) is 0 Å². The highest BCUT2D eigenvalue weighted by Gasteiger charge is 2.16. The molecule has 2 rings (SSSR count). The van der Waals surface area contributed by atoms with Crippen molar-refractivity contribution in [2.75, 3.05) is 40.8 Å². The molecule has 2 aromatic rings. The fourth-order valence-corrected chi connectivity index (χ4v) is 2.63. The Balaban J connectivity index is 1.90. The zero-order valence-corrected chi connectivity index (χ0v) is 16.2. The molecule has 1 unspecified atom stereocenters. The van der Waals surface area contributed by atoms with Crippen LogP contribution in [0.2, 0.25) is 0 Å². The molecule has 0 bridgehead atoms. The van der Waals surface area contributed by atoms with E-state index in [0.29, 0.717) is 6.54 Å². The molecule has 1 atom stereocenters. The van der Waals surface area contributed by atoms with E-state index in [0.717, 1.165) is 37.0 Å². The zero-order valence-electron chi connectivity index (χ0n) is 16.2. The highest BCUT2D eigenvalue weighted by molar-refractivity contribution is 5.79. The standard InChI is InChI=1S/C20H30N4O2/c1-5-21-20(22-13-12-16-8-10-17(25-4)11-9-16)23-15-18(24(2)3)19-7-6-14-26-19/h6-11,14,18H,5,12-13,15H2,1-4H3,(H2,21,22,23). The first kappa shape index (κ1) is 19.8. The number of nitrogens with zero attached hydrogens (tertiary/aromatic N) is 2. The third-order valence-corrected chi connectivity index (χ3v) is 4.13. The van der Waals surface area contributed by atoms with Gasteiger partial charge in [-0.2, -0.15) is 0 Å². The molecule has 0 aliphatic carbocycles. The number of guanidine groups is 1. The number of furan rings is 1. The summed E-state index contributed by atoms with van der Waals surface area (Å²) in [6, 6.07) is 12.2. The van der Waals surface area contributed by atoms with Crippen LogP contribution in [0, 0.1) is 0 Å². The first-order chi connectivity index (χ1) is 12.6. The predicted octanol–water partition coefficient (Wildman–Crippen LogP) is 2.69. The van der Waals surface area contributed by atoms with Crippen molar-refractivity contribution < 1.29 is 9.15 Å². The van der Waals surface area contributed by atoms with Crippen LogP contribution in [0.3, 0.4) is 0 Å². The SMILES string of the molecule is CCNC(=NCC(c1ccco1)N(C)C)NCCc1ccc(OC)cc1. The minimum absolute atomic E-state index is 0.113. The Morgan fingerprint density at radius 1 is 1.19 bits per heavy atom. The van der Waals surface area contributed by atoms with E-state index in [4.69, 9.17) is 14.1 Å². The van der Waals surface area contributed by atoms with E-state index in [1.165, 1.54) is 5.56 Å². The topological polar surface area (TPSA) is 62.0 Å². The van der Waals surface area contributed by atoms with E-state index in [2.05, 4.69) is 34.6 Å². The molecule has 0 saturated heterocycles. The highest BCUT2D eigenvalue weighted by atomic mass is 16.5. The summed E-state index contributed by atoms with van der Waals surface area (Å²) in [6.45, 7) is 4.32. The summed E-state index contributed by atoms with van der Waals surface area (Å²) in [5, 5.41) is 6.69. The summed E-state index contributed by atoms with van der Waals surface area (Å²) in [7, 11) is 5.75. The second-order valence-electron chi connectivity index (χ2n) is 6.24. The van der Waals surface area contributed by atoms with Crippen molar-refractivity contribution in [3.05, 3.63) is 54.0 Å². The van der Waals surface area contributed by atoms with Crippen LogP contribution in [-0.2, 0) is 6.42 Å². The van der Waals surface area contributed by atoms with Crippen molar-refractivity contribution >= 4 is 5.96 Å². The maximum Gasteiger partial charge on any atom is 0.191 e. The Labute approximate surface area is 156 Å². The lowest BCUT2D eigenvalue weighted by Gasteiger charge is -2.21. The smallest absolute Gasteiger partial charge is 0.191 e. The third-order valence-electron chi connectivity index (χ3n) is 4.13. The van der Waals surface area contributed by atoms with Gasteiger partial charge in [0.1, 0.15) is 11.5 Å². The molecule has 1 heterocycles. The van der Waals surface area contributed by atoms with E-state index in [9.17, 15) is 0 Å². The van der Waals surface area contributed by atoms with Gasteiger partial charge in [0, 0.05) is 13.1 Å². The van der Waals surface area contributed by atoms with Crippen molar-refractivity contribution in [2.45, 2.75) is 19.4 Å². The van der Waals surface area contributed by atoms with E-state index in [-0.39, 0.29) is 6.04 Å². The molecular weight excluding hydrogens is 328 g/mol. The molecule has 0 aliphatic heterocycles. The van der Waals surface area contributed by atoms with Gasteiger partial charge in [-0.15, -0.1) is 0 Å². The average molecular weight is 358 g/mol. The molecule has 6 heteroatoms. The number of ether oxygens (including phenoxy) is 1. The number of benzene rings is 1. The molecule has 1 aromatic heterocycles. The van der Waals surface area contributed by atoms with E-state index in [1.807, 2.05) is 38.4 Å². The summed E-state index contributed by atoms with van der Waals surface area (Å²) >= 11 is 0. The zero-order chi connectivity index (χ0) is 18.8. The third kappa shape index (κ3) is 6.11. The van der Waals surface area contributed by atoms with Crippen LogP contribution in [0.5, 0.6) is 5.75 Å². The van der Waals surface area contributed by atoms with Crippen molar-refractivity contribution in [1.29, 1.82) is 0 Å². The van der Waals surface area contributed by atoms with Gasteiger partial charge in [0.25, 0.3) is 0 Å². The maximum atomic E-state index is 5.55. The Morgan fingerprint density at radius 2 is 1.96 bits per heavy atom. The Morgan fingerprint density at radius 3 is 2.54 bits per heavy atom. The largest absolute Gasteiger partial charge is 0.497 e. The molecule has 1 aromatic carbocycles. The lowest BCUT2D eigenvalue weighted by molar-refractivity contribution is 0.265. The molecule has 142 valence electrons. The molecule has 0 spiro atoms. The summed E-state index contributed by atoms with van der Waals surface area (Å²) in [5.74, 6) is 2.62. The number of hydrogen-bond donors (Lipinski definition) is 2. The minimum Gasteiger partial charge on any atom is -0.497 e. The fourth-order valence-electron chi connectivity index (χ4n) is 2.63. The van der Waals surface area contributed by atoms with E-state index < -0.39 is 0 Å². The number of hydrogen-bond acceptors (Lipinski definition) is 4. The fraction of sp³-hybridized carbons (Fsp3) is 0.450. The van der Waals surface area contributed by atoms with Crippen molar-refractivity contribution in [2.24, 2.45) is 4.99 Å². The van der Waals surface area contributed by atoms with Crippen LogP contribution < -0.4 is 15.4 Å². The molecule has 6 nitrogen and oxygen atoms in total. The van der Waals surface area contributed by atoms with Crippen LogP contribution in [-0.4, -0.2) is 51.7 Å². The van der Waals surface area contributed by atoms with Gasteiger partial charge in [0.05, 0.1) is 26.0 Å². The van der Waals surface area contributed by atoms with Crippen LogP contribution >= 0.6 is 0 Å². The summed E-state index contributed by atoms with van der Waals surface area (Å²) in [5.41, 5.74) is 1.26. The van der Waals surface area contributed by atoms with Gasteiger partial charge in [-0.3, -0.25) is 9.89 Å². The Bertz CT molecular complexity index is 651. The normalized spacial score (nSPS) is 12.9. The Hall–Kier alpha value is -2.47. The average Bonchev–Trinajstić information content (AvgIpc) is 3.16. The van der Waals surface area contributed by atoms with Crippen LogP contribution in [0.1, 0.15) is 24.3 Å². The van der Waals surface area contributed by atoms with Gasteiger partial charge in [0.15, 0.2) is 5.96 Å². The van der Waals surface area contributed by atoms with Gasteiger partial charge < -0.3 is 19.8 Å². The van der Waals surface area contributed by atoms with Crippen LogP contribution in [0.15, 0.2) is 52.1 Å². The highest BCUT2D eigenvalue weighted by Crippen LogP contribution is 2.18. The quantitative estimate of drug-likeness (QED) is 0.533. The minimum atomic E-state index is 0.113. The molecule has 0 aliphatic rings. The summed E-state index contributed by atoms with van der Waals surface area (Å²) in [4.78, 5) is 6.84. The lowest BCUT2D eigenvalue weighted by Crippen LogP contribution is -2.39. The van der Waals surface area contributed by atoms with Crippen molar-refractivity contribution in [3.63, 3.8) is 0 Å². The van der Waals surface area contributed by atoms with Gasteiger partial charge >= 0.3 is 0 Å². The Kier molecular flexibility index (Phi) is 8.02. The number of rotatable bonds is 9. The number of likely N-dealkylation sites (N-methyl/N-ethyl adjacent to an activating group) is 1. The lowest BCUT2D eigenvalue weighted by atomic mass is 10.1. The molecule has 0 fully saturated rings. The van der Waals surface area contributed by atoms with Crippen molar-refractivity contribution in [3.8, 4) is 5.75 Å². The molecule has 0 radical (unpaired) electrons. The second kappa shape index (κ2) is 10.5. The van der Waals surface area contributed by atoms with Gasteiger partial charge in [-0.05, 0) is 57.3 Å². The molecule has 0 amide bonds. The first-order valence-corrected chi connectivity index (χ1v) is 8.99. The van der Waals surface area contributed by atoms with Crippen LogP contribution in [0.4, 0.5) is 0 Å². The molecule has 26 heavy (non-hydrogen) atoms. The monoisotopic (exact) mass is 358 g/mol. The van der Waals surface area contributed by atoms with Crippen LogP contribution in [0.25, 0.3) is 0 Å². The molecule has 2 N–H and O–H groups in total. The molecule has 0 saturated carbocycles. The maximum absolute atomic E-state index is 5.55. The summed E-state index contributed by atoms with van der Waals surface area (Å²) in [6.07, 6.45) is 2.62. The number of nitrogens with one attached hydrogen (secondary N) is 2. The van der Waals surface area contributed by atoms with Gasteiger partial charge in [-0.1, -0.05) is 12.1 Å². The molecular formula is C20H30N4O2. The first-order valence-electron chi connectivity index (χ1n) is 8.99. The van der Waals surface area contributed by atoms with Gasteiger partial charge in [-0.25, -0.2) is 0 Å². The van der Waals surface area contributed by atoms with E-state index >= 15 is 0 Å². The predicted molar refractivity (Wildman–Crippen MR) is 106 cm³/mol. The van der Waals surface area contributed by atoms with E-state index in [1.54, 1.807) is 13.4 Å².